The van der Waals surface area contributed by atoms with E-state index in [-0.39, 0.29) is 12.1 Å². The molecule has 1 aromatic rings. The van der Waals surface area contributed by atoms with E-state index < -0.39 is 0 Å². The van der Waals surface area contributed by atoms with Crippen LogP contribution >= 0.6 is 0 Å². The van der Waals surface area contributed by atoms with E-state index in [0.717, 1.165) is 25.3 Å². The fourth-order valence-corrected chi connectivity index (χ4v) is 3.42. The molecular weight excluding hydrogens is 278 g/mol. The summed E-state index contributed by atoms with van der Waals surface area (Å²) < 4.78 is 5.35. The topological polar surface area (TPSA) is 45.7 Å². The highest BCUT2D eigenvalue weighted by Crippen LogP contribution is 2.26. The Balaban J connectivity index is 1.73. The second kappa shape index (κ2) is 6.65. The number of anilines is 1. The Hall–Kier alpha value is -1.62. The average molecular weight is 303 g/mol. The van der Waals surface area contributed by atoms with Gasteiger partial charge < -0.3 is 9.64 Å². The Morgan fingerprint density at radius 1 is 1.32 bits per heavy atom. The minimum Gasteiger partial charge on any atom is -0.459 e. The first kappa shape index (κ1) is 15.3. The van der Waals surface area contributed by atoms with Gasteiger partial charge in [0.15, 0.2) is 0 Å². The number of carbonyl (C=O) groups excluding carboxylic acids is 1. The summed E-state index contributed by atoms with van der Waals surface area (Å²) in [4.78, 5) is 21.5. The number of nitrogens with zero attached hydrogens (tertiary/aromatic N) is 3. The molecule has 5 heteroatoms. The number of aromatic nitrogens is 1. The highest BCUT2D eigenvalue weighted by molar-refractivity contribution is 5.94. The first-order chi connectivity index (χ1) is 10.6. The number of carbonyl (C=O) groups is 1. The van der Waals surface area contributed by atoms with Gasteiger partial charge in [0.1, 0.15) is 11.4 Å². The molecule has 120 valence electrons. The van der Waals surface area contributed by atoms with Gasteiger partial charge in [0, 0.05) is 25.3 Å². The maximum atomic E-state index is 12.3. The summed E-state index contributed by atoms with van der Waals surface area (Å²) in [5, 5.41) is 0. The van der Waals surface area contributed by atoms with E-state index in [1.54, 1.807) is 12.3 Å². The molecule has 2 saturated heterocycles. The van der Waals surface area contributed by atoms with Gasteiger partial charge in [-0.3, -0.25) is 4.90 Å². The molecule has 2 aliphatic heterocycles. The van der Waals surface area contributed by atoms with Crippen molar-refractivity contribution in [3.8, 4) is 0 Å². The van der Waals surface area contributed by atoms with Crippen molar-refractivity contribution in [1.82, 2.24) is 9.88 Å². The molecule has 0 aromatic carbocycles. The summed E-state index contributed by atoms with van der Waals surface area (Å²) in [5.41, 5.74) is 0.582. The molecule has 2 fully saturated rings. The summed E-state index contributed by atoms with van der Waals surface area (Å²) in [7, 11) is 0. The van der Waals surface area contributed by atoms with E-state index in [0.29, 0.717) is 11.6 Å². The fraction of sp³-hybridized carbons (Fsp3) is 0.647. The SMILES string of the molecule is CC(C)OC(=O)c1cccnc1N1CCC(N2CCCC2)C1. The Morgan fingerprint density at radius 3 is 2.82 bits per heavy atom. The predicted molar refractivity (Wildman–Crippen MR) is 86.2 cm³/mol. The summed E-state index contributed by atoms with van der Waals surface area (Å²) in [6, 6.07) is 4.21. The monoisotopic (exact) mass is 303 g/mol. The molecule has 3 heterocycles. The lowest BCUT2D eigenvalue weighted by Gasteiger charge is -2.24. The van der Waals surface area contributed by atoms with Gasteiger partial charge in [-0.1, -0.05) is 0 Å². The maximum absolute atomic E-state index is 12.3. The molecule has 0 spiro atoms. The largest absolute Gasteiger partial charge is 0.459 e. The molecule has 1 unspecified atom stereocenters. The van der Waals surface area contributed by atoms with Crippen LogP contribution in [0.1, 0.15) is 43.5 Å². The molecule has 0 aliphatic carbocycles. The van der Waals surface area contributed by atoms with Crippen molar-refractivity contribution in [2.24, 2.45) is 0 Å². The van der Waals surface area contributed by atoms with Crippen LogP contribution in [0.2, 0.25) is 0 Å². The van der Waals surface area contributed by atoms with Crippen LogP contribution in [0, 0.1) is 0 Å². The van der Waals surface area contributed by atoms with Gasteiger partial charge in [-0.15, -0.1) is 0 Å². The van der Waals surface area contributed by atoms with Gasteiger partial charge in [-0.05, 0) is 58.3 Å². The van der Waals surface area contributed by atoms with E-state index in [1.165, 1.54) is 25.9 Å². The normalized spacial score (nSPS) is 22.5. The minimum absolute atomic E-state index is 0.114. The predicted octanol–water partition coefficient (Wildman–Crippen LogP) is 2.32. The summed E-state index contributed by atoms with van der Waals surface area (Å²) in [5.74, 6) is 0.498. The Bertz CT molecular complexity index is 526. The number of pyridine rings is 1. The lowest BCUT2D eigenvalue weighted by atomic mass is 10.2. The highest BCUT2D eigenvalue weighted by Gasteiger charge is 2.31. The third kappa shape index (κ3) is 3.24. The van der Waals surface area contributed by atoms with E-state index in [4.69, 9.17) is 4.74 Å². The zero-order valence-corrected chi connectivity index (χ0v) is 13.5. The Labute approximate surface area is 132 Å². The lowest BCUT2D eigenvalue weighted by molar-refractivity contribution is 0.0378. The molecule has 0 amide bonds. The van der Waals surface area contributed by atoms with Crippen molar-refractivity contribution >= 4 is 11.8 Å². The van der Waals surface area contributed by atoms with E-state index in [9.17, 15) is 4.79 Å². The summed E-state index contributed by atoms with van der Waals surface area (Å²) in [6.45, 7) is 8.07. The van der Waals surface area contributed by atoms with Crippen molar-refractivity contribution < 1.29 is 9.53 Å². The number of hydrogen-bond acceptors (Lipinski definition) is 5. The number of hydrogen-bond donors (Lipinski definition) is 0. The van der Waals surface area contributed by atoms with Crippen molar-refractivity contribution in [2.45, 2.75) is 45.3 Å². The van der Waals surface area contributed by atoms with Crippen LogP contribution in [0.15, 0.2) is 18.3 Å². The quantitative estimate of drug-likeness (QED) is 0.799. The molecule has 5 nitrogen and oxygen atoms in total. The first-order valence-electron chi connectivity index (χ1n) is 8.30. The van der Waals surface area contributed by atoms with Gasteiger partial charge in [-0.2, -0.15) is 0 Å². The van der Waals surface area contributed by atoms with Crippen LogP contribution in [0.3, 0.4) is 0 Å². The van der Waals surface area contributed by atoms with Crippen LogP contribution in [-0.2, 0) is 4.74 Å². The molecule has 1 aromatic heterocycles. The standard InChI is InChI=1S/C17H25N3O2/c1-13(2)22-17(21)15-6-5-8-18-16(15)20-11-7-14(12-20)19-9-3-4-10-19/h5-6,8,13-14H,3-4,7,9-12H2,1-2H3. The summed E-state index contributed by atoms with van der Waals surface area (Å²) in [6.07, 6.45) is 5.41. The fourth-order valence-electron chi connectivity index (χ4n) is 3.42. The Kier molecular flexibility index (Phi) is 4.62. The second-order valence-corrected chi connectivity index (χ2v) is 6.46. The van der Waals surface area contributed by atoms with E-state index in [1.807, 2.05) is 19.9 Å². The van der Waals surface area contributed by atoms with Gasteiger partial charge in [0.05, 0.1) is 6.10 Å². The van der Waals surface area contributed by atoms with Crippen molar-refractivity contribution in [3.05, 3.63) is 23.9 Å². The van der Waals surface area contributed by atoms with Gasteiger partial charge in [0.2, 0.25) is 0 Å². The molecule has 1 atom stereocenters. The number of likely N-dealkylation sites (tertiary alicyclic amines) is 1. The van der Waals surface area contributed by atoms with Crippen LogP contribution in [-0.4, -0.2) is 54.2 Å². The molecule has 0 radical (unpaired) electrons. The van der Waals surface area contributed by atoms with Gasteiger partial charge in [-0.25, -0.2) is 9.78 Å². The second-order valence-electron chi connectivity index (χ2n) is 6.46. The van der Waals surface area contributed by atoms with Crippen LogP contribution < -0.4 is 4.90 Å². The van der Waals surface area contributed by atoms with Crippen molar-refractivity contribution in [3.63, 3.8) is 0 Å². The number of ether oxygens (including phenoxy) is 1. The van der Waals surface area contributed by atoms with Crippen LogP contribution in [0.25, 0.3) is 0 Å². The highest BCUT2D eigenvalue weighted by atomic mass is 16.5. The average Bonchev–Trinajstić information content (AvgIpc) is 3.17. The number of rotatable bonds is 4. The zero-order chi connectivity index (χ0) is 15.5. The lowest BCUT2D eigenvalue weighted by Crippen LogP contribution is -2.35. The first-order valence-corrected chi connectivity index (χ1v) is 8.30. The molecule has 0 bridgehead atoms. The van der Waals surface area contributed by atoms with E-state index >= 15 is 0 Å². The van der Waals surface area contributed by atoms with Crippen LogP contribution in [0.5, 0.6) is 0 Å². The van der Waals surface area contributed by atoms with Crippen LogP contribution in [0.4, 0.5) is 5.82 Å². The smallest absolute Gasteiger partial charge is 0.342 e. The molecule has 3 rings (SSSR count). The molecule has 0 N–H and O–H groups in total. The number of esters is 1. The van der Waals surface area contributed by atoms with Gasteiger partial charge >= 0.3 is 5.97 Å². The molecule has 2 aliphatic rings. The van der Waals surface area contributed by atoms with Crippen molar-refractivity contribution in [2.75, 3.05) is 31.1 Å². The third-order valence-electron chi connectivity index (χ3n) is 4.47. The minimum atomic E-state index is -0.275. The third-order valence-corrected chi connectivity index (χ3v) is 4.47. The van der Waals surface area contributed by atoms with E-state index in [2.05, 4.69) is 14.8 Å². The Morgan fingerprint density at radius 2 is 2.09 bits per heavy atom. The molecule has 22 heavy (non-hydrogen) atoms. The van der Waals surface area contributed by atoms with Crippen molar-refractivity contribution in [1.29, 1.82) is 0 Å². The molecular formula is C17H25N3O2. The maximum Gasteiger partial charge on any atom is 0.342 e. The molecule has 0 saturated carbocycles. The van der Waals surface area contributed by atoms with Gasteiger partial charge in [0.25, 0.3) is 0 Å². The zero-order valence-electron chi connectivity index (χ0n) is 13.5. The summed E-state index contributed by atoms with van der Waals surface area (Å²) >= 11 is 0.